The number of H-pyrrole nitrogens is 1. The monoisotopic (exact) mass is 390 g/mol. The number of nitrogens with zero attached hydrogens (tertiary/aromatic N) is 1. The number of sulfonamides is 1. The molecule has 1 aliphatic rings. The molecule has 0 bridgehead atoms. The summed E-state index contributed by atoms with van der Waals surface area (Å²) in [5.74, 6) is -0.486. The number of nitrogens with one attached hydrogen (secondary N) is 1. The summed E-state index contributed by atoms with van der Waals surface area (Å²) in [5, 5.41) is 0.979. The minimum Gasteiger partial charge on any atom is -0.361 e. The molecule has 0 amide bonds. The van der Waals surface area contributed by atoms with Crippen molar-refractivity contribution in [1.29, 1.82) is 0 Å². The Balaban J connectivity index is 1.53. The highest BCUT2D eigenvalue weighted by atomic mass is 32.2. The van der Waals surface area contributed by atoms with Crippen LogP contribution in [0.4, 0.5) is 8.78 Å². The van der Waals surface area contributed by atoms with Gasteiger partial charge in [0.25, 0.3) is 0 Å². The lowest BCUT2D eigenvalue weighted by Crippen LogP contribution is -2.37. The highest BCUT2D eigenvalue weighted by Gasteiger charge is 2.31. The average Bonchev–Trinajstić information content (AvgIpc) is 3.07. The van der Waals surface area contributed by atoms with Crippen LogP contribution in [0, 0.1) is 18.6 Å². The first-order valence-corrected chi connectivity index (χ1v) is 10.3. The van der Waals surface area contributed by atoms with Gasteiger partial charge < -0.3 is 4.98 Å². The fraction of sp³-hybridized carbons (Fsp3) is 0.300. The SMILES string of the molecule is Cc1cc(S(=O)(=O)N2CCC(c3c[nH]c4cc(F)ccc34)CC2)ccc1F. The largest absolute Gasteiger partial charge is 0.361 e. The third-order valence-electron chi connectivity index (χ3n) is 5.34. The van der Waals surface area contributed by atoms with E-state index in [1.807, 2.05) is 6.20 Å². The molecule has 0 saturated carbocycles. The van der Waals surface area contributed by atoms with Crippen molar-refractivity contribution in [2.75, 3.05) is 13.1 Å². The van der Waals surface area contributed by atoms with E-state index in [2.05, 4.69) is 4.98 Å². The van der Waals surface area contributed by atoms with E-state index in [1.165, 1.54) is 34.6 Å². The number of hydrogen-bond acceptors (Lipinski definition) is 2. The van der Waals surface area contributed by atoms with Crippen LogP contribution >= 0.6 is 0 Å². The second-order valence-corrected chi connectivity index (χ2v) is 8.96. The predicted molar refractivity (Wildman–Crippen MR) is 100 cm³/mol. The van der Waals surface area contributed by atoms with Crippen LogP contribution < -0.4 is 0 Å². The number of fused-ring (bicyclic) bond motifs is 1. The second kappa shape index (κ2) is 6.73. The third-order valence-corrected chi connectivity index (χ3v) is 7.23. The summed E-state index contributed by atoms with van der Waals surface area (Å²) in [6.07, 6.45) is 3.26. The van der Waals surface area contributed by atoms with Crippen molar-refractivity contribution in [3.63, 3.8) is 0 Å². The van der Waals surface area contributed by atoms with E-state index in [-0.39, 0.29) is 16.6 Å². The first kappa shape index (κ1) is 18.1. The van der Waals surface area contributed by atoms with Gasteiger partial charge in [0, 0.05) is 30.2 Å². The van der Waals surface area contributed by atoms with E-state index in [1.54, 1.807) is 13.0 Å². The Labute approximate surface area is 156 Å². The maximum Gasteiger partial charge on any atom is 0.243 e. The van der Waals surface area contributed by atoms with E-state index < -0.39 is 15.8 Å². The van der Waals surface area contributed by atoms with Gasteiger partial charge in [-0.15, -0.1) is 0 Å². The Kier molecular flexibility index (Phi) is 4.52. The highest BCUT2D eigenvalue weighted by Crippen LogP contribution is 2.35. The predicted octanol–water partition coefficient (Wildman–Crippen LogP) is 4.32. The van der Waals surface area contributed by atoms with Gasteiger partial charge in [-0.1, -0.05) is 0 Å². The van der Waals surface area contributed by atoms with E-state index in [4.69, 9.17) is 0 Å². The topological polar surface area (TPSA) is 53.2 Å². The molecule has 4 rings (SSSR count). The zero-order valence-corrected chi connectivity index (χ0v) is 15.7. The minimum absolute atomic E-state index is 0.127. The zero-order chi connectivity index (χ0) is 19.2. The van der Waals surface area contributed by atoms with Gasteiger partial charge in [-0.05, 0) is 73.2 Å². The van der Waals surface area contributed by atoms with Crippen molar-refractivity contribution in [2.24, 2.45) is 0 Å². The molecule has 1 saturated heterocycles. The zero-order valence-electron chi connectivity index (χ0n) is 14.9. The fourth-order valence-electron chi connectivity index (χ4n) is 3.79. The molecule has 0 aliphatic carbocycles. The number of aromatic nitrogens is 1. The van der Waals surface area contributed by atoms with Crippen LogP contribution in [-0.4, -0.2) is 30.8 Å². The smallest absolute Gasteiger partial charge is 0.243 e. The first-order valence-electron chi connectivity index (χ1n) is 8.89. The third kappa shape index (κ3) is 3.26. The van der Waals surface area contributed by atoms with E-state index >= 15 is 0 Å². The second-order valence-electron chi connectivity index (χ2n) is 7.02. The van der Waals surface area contributed by atoms with Crippen LogP contribution in [-0.2, 0) is 10.0 Å². The maximum absolute atomic E-state index is 13.5. The van der Waals surface area contributed by atoms with Crippen molar-refractivity contribution < 1.29 is 17.2 Å². The Hall–Kier alpha value is -2.25. The van der Waals surface area contributed by atoms with Crippen molar-refractivity contribution in [2.45, 2.75) is 30.6 Å². The summed E-state index contributed by atoms with van der Waals surface area (Å²) < 4.78 is 54.0. The number of aryl methyl sites for hydroxylation is 1. The molecule has 4 nitrogen and oxygen atoms in total. The molecule has 142 valence electrons. The molecule has 0 atom stereocenters. The van der Waals surface area contributed by atoms with Crippen LogP contribution in [0.25, 0.3) is 10.9 Å². The Bertz CT molecular complexity index is 1100. The summed E-state index contributed by atoms with van der Waals surface area (Å²) in [7, 11) is -3.63. The van der Waals surface area contributed by atoms with Crippen LogP contribution in [0.15, 0.2) is 47.5 Å². The van der Waals surface area contributed by atoms with Gasteiger partial charge >= 0.3 is 0 Å². The Morgan fingerprint density at radius 1 is 1.07 bits per heavy atom. The summed E-state index contributed by atoms with van der Waals surface area (Å²) >= 11 is 0. The van der Waals surface area contributed by atoms with Crippen molar-refractivity contribution in [3.05, 3.63) is 65.4 Å². The van der Waals surface area contributed by atoms with Gasteiger partial charge in [0.1, 0.15) is 11.6 Å². The normalized spacial score (nSPS) is 16.9. The lowest BCUT2D eigenvalue weighted by Gasteiger charge is -2.31. The molecule has 2 heterocycles. The fourth-order valence-corrected chi connectivity index (χ4v) is 5.35. The van der Waals surface area contributed by atoms with E-state index in [9.17, 15) is 17.2 Å². The number of piperidine rings is 1. The molecule has 0 unspecified atom stereocenters. The van der Waals surface area contributed by atoms with E-state index in [0.717, 1.165) is 16.5 Å². The summed E-state index contributed by atoms with van der Waals surface area (Å²) in [6, 6.07) is 8.56. The average molecular weight is 390 g/mol. The van der Waals surface area contributed by atoms with Gasteiger partial charge in [-0.2, -0.15) is 4.31 Å². The van der Waals surface area contributed by atoms with Crippen molar-refractivity contribution >= 4 is 20.9 Å². The number of benzene rings is 2. The standard InChI is InChI=1S/C20H20F2N2O2S/c1-13-10-16(3-5-19(13)22)27(25,26)24-8-6-14(7-9-24)18-12-23-20-11-15(21)2-4-17(18)20/h2-5,10-12,14,23H,6-9H2,1H3. The van der Waals surface area contributed by atoms with Gasteiger partial charge in [-0.3, -0.25) is 0 Å². The van der Waals surface area contributed by atoms with E-state index in [0.29, 0.717) is 31.5 Å². The molecule has 2 aromatic carbocycles. The molecule has 7 heteroatoms. The molecule has 1 aromatic heterocycles. The quantitative estimate of drug-likeness (QED) is 0.724. The van der Waals surface area contributed by atoms with Gasteiger partial charge in [0.15, 0.2) is 0 Å². The minimum atomic E-state index is -3.63. The summed E-state index contributed by atoms with van der Waals surface area (Å²) in [5.41, 5.74) is 2.17. The van der Waals surface area contributed by atoms with Gasteiger partial charge in [-0.25, -0.2) is 17.2 Å². The molecule has 0 spiro atoms. The number of rotatable bonds is 3. The Morgan fingerprint density at radius 3 is 2.52 bits per heavy atom. The molecule has 1 aliphatic heterocycles. The van der Waals surface area contributed by atoms with Crippen LogP contribution in [0.5, 0.6) is 0 Å². The number of halogens is 2. The molecule has 1 fully saturated rings. The molecule has 27 heavy (non-hydrogen) atoms. The first-order chi connectivity index (χ1) is 12.9. The molecular weight excluding hydrogens is 370 g/mol. The lowest BCUT2D eigenvalue weighted by atomic mass is 9.90. The van der Waals surface area contributed by atoms with Crippen LogP contribution in [0.3, 0.4) is 0 Å². The maximum atomic E-state index is 13.5. The highest BCUT2D eigenvalue weighted by molar-refractivity contribution is 7.89. The molecular formula is C20H20F2N2O2S. The number of hydrogen-bond donors (Lipinski definition) is 1. The Morgan fingerprint density at radius 2 is 1.81 bits per heavy atom. The molecule has 3 aromatic rings. The lowest BCUT2D eigenvalue weighted by molar-refractivity contribution is 0.320. The molecule has 1 N–H and O–H groups in total. The summed E-state index contributed by atoms with van der Waals surface area (Å²) in [6.45, 7) is 2.36. The van der Waals surface area contributed by atoms with Gasteiger partial charge in [0.05, 0.1) is 4.90 Å². The summed E-state index contributed by atoms with van der Waals surface area (Å²) in [4.78, 5) is 3.22. The van der Waals surface area contributed by atoms with Crippen LogP contribution in [0.2, 0.25) is 0 Å². The van der Waals surface area contributed by atoms with Crippen molar-refractivity contribution in [1.82, 2.24) is 9.29 Å². The molecule has 0 radical (unpaired) electrons. The van der Waals surface area contributed by atoms with Gasteiger partial charge in [0.2, 0.25) is 10.0 Å². The van der Waals surface area contributed by atoms with Crippen molar-refractivity contribution in [3.8, 4) is 0 Å². The van der Waals surface area contributed by atoms with Crippen LogP contribution in [0.1, 0.15) is 29.9 Å². The number of aromatic amines is 1.